The number of rotatable bonds is 3. The van der Waals surface area contributed by atoms with E-state index in [4.69, 9.17) is 35.4 Å². The summed E-state index contributed by atoms with van der Waals surface area (Å²) in [6, 6.07) is 4.53. The van der Waals surface area contributed by atoms with Crippen LogP contribution in [-0.4, -0.2) is 28.6 Å². The summed E-state index contributed by atoms with van der Waals surface area (Å²) in [5.41, 5.74) is 0.742. The molecule has 1 aromatic carbocycles. The van der Waals surface area contributed by atoms with Crippen LogP contribution in [0.25, 0.3) is 0 Å². The quantitative estimate of drug-likeness (QED) is 0.471. The lowest BCUT2D eigenvalue weighted by atomic mass is 10.3. The third-order valence-electron chi connectivity index (χ3n) is 2.05. The Morgan fingerprint density at radius 3 is 2.48 bits per heavy atom. The molecule has 0 radical (unpaired) electrons. The Hall–Kier alpha value is -1.05. The van der Waals surface area contributed by atoms with Gasteiger partial charge >= 0.3 is 6.18 Å². The van der Waals surface area contributed by atoms with Crippen LogP contribution in [0.2, 0.25) is 10.0 Å². The van der Waals surface area contributed by atoms with Gasteiger partial charge in [-0.2, -0.15) is 18.3 Å². The number of hydrogen-bond donors (Lipinski definition) is 1. The summed E-state index contributed by atoms with van der Waals surface area (Å²) in [6.45, 7) is 1.83. The predicted octanol–water partition coefficient (Wildman–Crippen LogP) is 4.95. The van der Waals surface area contributed by atoms with E-state index in [1.807, 2.05) is 0 Å². The molecule has 0 saturated carbocycles. The van der Waals surface area contributed by atoms with Gasteiger partial charge in [-0.15, -0.1) is 0 Å². The molecule has 0 bridgehead atoms. The van der Waals surface area contributed by atoms with E-state index >= 15 is 0 Å². The van der Waals surface area contributed by atoms with Crippen LogP contribution >= 0.6 is 35.4 Å². The lowest BCUT2D eigenvalue weighted by molar-refractivity contribution is -0.137. The molecule has 0 heterocycles. The molecule has 0 atom stereocenters. The van der Waals surface area contributed by atoms with Crippen molar-refractivity contribution in [1.29, 1.82) is 0 Å². The largest absolute Gasteiger partial charge is 0.408 e. The first-order valence-corrected chi connectivity index (χ1v) is 6.87. The average Bonchev–Trinajstić information content (AvgIpc) is 2.30. The Bertz CT molecular complexity index is 557. The summed E-state index contributed by atoms with van der Waals surface area (Å²) in [5, 5.41) is 7.46. The van der Waals surface area contributed by atoms with E-state index in [-0.39, 0.29) is 10.1 Å². The van der Waals surface area contributed by atoms with Crippen LogP contribution in [0.1, 0.15) is 13.8 Å². The van der Waals surface area contributed by atoms with Gasteiger partial charge in [0.2, 0.25) is 0 Å². The minimum atomic E-state index is -4.44. The summed E-state index contributed by atoms with van der Waals surface area (Å²) in [5.74, 6) is 0. The van der Waals surface area contributed by atoms with Crippen molar-refractivity contribution in [3.8, 4) is 0 Å². The van der Waals surface area contributed by atoms with Gasteiger partial charge in [-0.1, -0.05) is 23.2 Å². The second kappa shape index (κ2) is 7.29. The fourth-order valence-electron chi connectivity index (χ4n) is 1.34. The number of alkyl halides is 3. The van der Waals surface area contributed by atoms with Crippen molar-refractivity contribution < 1.29 is 13.2 Å². The molecule has 116 valence electrons. The second-order valence-electron chi connectivity index (χ2n) is 4.27. The van der Waals surface area contributed by atoms with Crippen LogP contribution in [0.3, 0.4) is 0 Å². The van der Waals surface area contributed by atoms with Crippen LogP contribution in [0, 0.1) is 0 Å². The normalized spacial score (nSPS) is 11.0. The van der Waals surface area contributed by atoms with Crippen molar-refractivity contribution >= 4 is 51.9 Å². The van der Waals surface area contributed by atoms with Crippen LogP contribution in [0.15, 0.2) is 23.3 Å². The first-order valence-electron chi connectivity index (χ1n) is 5.70. The Kier molecular flexibility index (Phi) is 6.24. The molecular formula is C12H12Cl2F3N3S. The maximum Gasteiger partial charge on any atom is 0.408 e. The van der Waals surface area contributed by atoms with Gasteiger partial charge in [-0.3, -0.25) is 0 Å². The maximum absolute atomic E-state index is 12.6. The Balaban J connectivity index is 2.95. The van der Waals surface area contributed by atoms with Gasteiger partial charge in [0.15, 0.2) is 5.11 Å². The molecule has 0 amide bonds. The summed E-state index contributed by atoms with van der Waals surface area (Å²) >= 11 is 16.7. The van der Waals surface area contributed by atoms with Crippen LogP contribution in [-0.2, 0) is 0 Å². The van der Waals surface area contributed by atoms with E-state index in [0.29, 0.717) is 21.4 Å². The number of anilines is 1. The van der Waals surface area contributed by atoms with Crippen molar-refractivity contribution in [2.24, 2.45) is 5.10 Å². The molecule has 0 aromatic heterocycles. The number of benzene rings is 1. The standard InChI is InChI=1S/C12H12Cl2F3N3S/c1-7(2)19-20(6-12(15,16)17)11(21)18-10-5-8(13)3-4-9(10)14/h3-5H,6H2,1-2H3,(H,18,21). The number of hydrazone groups is 1. The van der Waals surface area contributed by atoms with Gasteiger partial charge < -0.3 is 5.32 Å². The maximum atomic E-state index is 12.6. The smallest absolute Gasteiger partial charge is 0.330 e. The molecule has 1 N–H and O–H groups in total. The number of hydrogen-bond acceptors (Lipinski definition) is 2. The zero-order chi connectivity index (χ0) is 16.2. The van der Waals surface area contributed by atoms with Gasteiger partial charge in [-0.05, 0) is 44.3 Å². The Morgan fingerprint density at radius 2 is 1.95 bits per heavy atom. The Labute approximate surface area is 135 Å². The number of nitrogens with zero attached hydrogens (tertiary/aromatic N) is 2. The number of halogens is 5. The fraction of sp³-hybridized carbons (Fsp3) is 0.333. The summed E-state index contributed by atoms with van der Waals surface area (Å²) < 4.78 is 37.7. The van der Waals surface area contributed by atoms with E-state index in [1.54, 1.807) is 19.9 Å². The molecule has 21 heavy (non-hydrogen) atoms. The topological polar surface area (TPSA) is 27.6 Å². The van der Waals surface area contributed by atoms with E-state index < -0.39 is 12.7 Å². The van der Waals surface area contributed by atoms with Gasteiger partial charge in [-0.25, -0.2) is 5.01 Å². The fourth-order valence-corrected chi connectivity index (χ4v) is 1.89. The van der Waals surface area contributed by atoms with Gasteiger partial charge in [0.1, 0.15) is 6.54 Å². The summed E-state index contributed by atoms with van der Waals surface area (Å²) in [4.78, 5) is 0. The van der Waals surface area contributed by atoms with Crippen LogP contribution < -0.4 is 5.32 Å². The van der Waals surface area contributed by atoms with Gasteiger partial charge in [0, 0.05) is 10.7 Å². The van der Waals surface area contributed by atoms with Crippen molar-refractivity contribution in [3.63, 3.8) is 0 Å². The Morgan fingerprint density at radius 1 is 1.33 bits per heavy atom. The first-order chi connectivity index (χ1) is 9.58. The molecule has 1 rings (SSSR count). The molecular weight excluding hydrogens is 346 g/mol. The highest BCUT2D eigenvalue weighted by Gasteiger charge is 2.32. The predicted molar refractivity (Wildman–Crippen MR) is 84.2 cm³/mol. The molecule has 0 aliphatic rings. The van der Waals surface area contributed by atoms with E-state index in [2.05, 4.69) is 10.4 Å². The minimum Gasteiger partial charge on any atom is -0.330 e. The van der Waals surface area contributed by atoms with Crippen LogP contribution in [0.4, 0.5) is 18.9 Å². The molecule has 0 spiro atoms. The highest BCUT2D eigenvalue weighted by Crippen LogP contribution is 2.26. The molecule has 0 unspecified atom stereocenters. The number of thiocarbonyl (C=S) groups is 1. The highest BCUT2D eigenvalue weighted by molar-refractivity contribution is 7.80. The molecule has 3 nitrogen and oxygen atoms in total. The van der Waals surface area contributed by atoms with Crippen molar-refractivity contribution in [2.75, 3.05) is 11.9 Å². The van der Waals surface area contributed by atoms with Crippen molar-refractivity contribution in [2.45, 2.75) is 20.0 Å². The zero-order valence-electron chi connectivity index (χ0n) is 11.1. The second-order valence-corrected chi connectivity index (χ2v) is 5.50. The average molecular weight is 358 g/mol. The third kappa shape index (κ3) is 6.50. The van der Waals surface area contributed by atoms with Crippen LogP contribution in [0.5, 0.6) is 0 Å². The zero-order valence-corrected chi connectivity index (χ0v) is 13.5. The molecule has 0 aliphatic heterocycles. The van der Waals surface area contributed by atoms with E-state index in [1.165, 1.54) is 12.1 Å². The molecule has 1 aromatic rings. The van der Waals surface area contributed by atoms with Gasteiger partial charge in [0.25, 0.3) is 0 Å². The lowest BCUT2D eigenvalue weighted by Gasteiger charge is -2.23. The number of nitrogens with one attached hydrogen (secondary N) is 1. The highest BCUT2D eigenvalue weighted by atomic mass is 35.5. The summed E-state index contributed by atoms with van der Waals surface area (Å²) in [6.07, 6.45) is -4.44. The molecule has 0 saturated heterocycles. The summed E-state index contributed by atoms with van der Waals surface area (Å²) in [7, 11) is 0. The lowest BCUT2D eigenvalue weighted by Crippen LogP contribution is -2.38. The van der Waals surface area contributed by atoms with E-state index in [0.717, 1.165) is 0 Å². The van der Waals surface area contributed by atoms with Gasteiger partial charge in [0.05, 0.1) is 10.7 Å². The monoisotopic (exact) mass is 357 g/mol. The molecule has 0 aliphatic carbocycles. The molecule has 0 fully saturated rings. The van der Waals surface area contributed by atoms with Crippen molar-refractivity contribution in [3.05, 3.63) is 28.2 Å². The minimum absolute atomic E-state index is 0.224. The SMILES string of the molecule is CC(C)=NN(CC(F)(F)F)C(=S)Nc1cc(Cl)ccc1Cl. The third-order valence-corrected chi connectivity index (χ3v) is 2.93. The first kappa shape index (κ1) is 18.0. The van der Waals surface area contributed by atoms with Crippen molar-refractivity contribution in [1.82, 2.24) is 5.01 Å². The van der Waals surface area contributed by atoms with E-state index in [9.17, 15) is 13.2 Å². The molecule has 9 heteroatoms.